The van der Waals surface area contributed by atoms with Crippen molar-refractivity contribution in [1.29, 1.82) is 0 Å². The van der Waals surface area contributed by atoms with Crippen LogP contribution in [-0.4, -0.2) is 20.9 Å². The van der Waals surface area contributed by atoms with Crippen molar-refractivity contribution in [1.82, 2.24) is 15.0 Å². The molecule has 3 aromatic carbocycles. The highest BCUT2D eigenvalue weighted by atomic mass is 35.5. The average Bonchev–Trinajstić information content (AvgIpc) is 3.05. The van der Waals surface area contributed by atoms with Gasteiger partial charge < -0.3 is 5.32 Å². The van der Waals surface area contributed by atoms with E-state index in [1.54, 1.807) is 24.3 Å². The zero-order valence-electron chi connectivity index (χ0n) is 14.0. The smallest absolute Gasteiger partial charge is 0.255 e. The van der Waals surface area contributed by atoms with Gasteiger partial charge in [0.15, 0.2) is 0 Å². The second kappa shape index (κ2) is 6.61. The molecule has 4 aromatic rings. The van der Waals surface area contributed by atoms with E-state index in [9.17, 15) is 4.79 Å². The fraction of sp³-hybridized carbons (Fsp3) is 0.0500. The summed E-state index contributed by atoms with van der Waals surface area (Å²) >= 11 is 6.03. The number of nitrogens with zero attached hydrogens (tertiary/aromatic N) is 3. The fourth-order valence-corrected chi connectivity index (χ4v) is 2.88. The Hall–Kier alpha value is -3.18. The van der Waals surface area contributed by atoms with Gasteiger partial charge in [0.05, 0.1) is 5.69 Å². The summed E-state index contributed by atoms with van der Waals surface area (Å²) in [4.78, 5) is 13.9. The SMILES string of the molecule is Cc1cccc(C(=O)Nc2ccc3nn(-c4cccc(Cl)c4)nc3c2)c1. The lowest BCUT2D eigenvalue weighted by atomic mass is 10.1. The molecule has 0 aliphatic heterocycles. The van der Waals surface area contributed by atoms with Crippen molar-refractivity contribution in [2.75, 3.05) is 5.32 Å². The van der Waals surface area contributed by atoms with Gasteiger partial charge in [-0.3, -0.25) is 4.79 Å². The first-order valence-corrected chi connectivity index (χ1v) is 8.47. The lowest BCUT2D eigenvalue weighted by Crippen LogP contribution is -2.11. The lowest BCUT2D eigenvalue weighted by Gasteiger charge is -2.05. The molecular weight excluding hydrogens is 348 g/mol. The van der Waals surface area contributed by atoms with Crippen LogP contribution < -0.4 is 5.32 Å². The summed E-state index contributed by atoms with van der Waals surface area (Å²) in [6, 6.07) is 20.2. The van der Waals surface area contributed by atoms with Gasteiger partial charge in [0.1, 0.15) is 11.0 Å². The number of rotatable bonds is 3. The minimum Gasteiger partial charge on any atom is -0.322 e. The number of nitrogens with one attached hydrogen (secondary N) is 1. The van der Waals surface area contributed by atoms with Crippen LogP contribution in [0.15, 0.2) is 66.7 Å². The minimum atomic E-state index is -0.157. The first-order chi connectivity index (χ1) is 12.6. The van der Waals surface area contributed by atoms with Gasteiger partial charge in [0.25, 0.3) is 5.91 Å². The molecule has 0 aliphatic carbocycles. The molecule has 0 saturated carbocycles. The molecule has 0 unspecified atom stereocenters. The predicted octanol–water partition coefficient (Wildman–Crippen LogP) is 4.63. The van der Waals surface area contributed by atoms with E-state index in [1.165, 1.54) is 4.80 Å². The molecule has 1 amide bonds. The zero-order chi connectivity index (χ0) is 18.1. The van der Waals surface area contributed by atoms with Crippen molar-refractivity contribution in [2.24, 2.45) is 0 Å². The Labute approximate surface area is 155 Å². The average molecular weight is 363 g/mol. The third-order valence-corrected chi connectivity index (χ3v) is 4.19. The number of aromatic nitrogens is 3. The van der Waals surface area contributed by atoms with Crippen molar-refractivity contribution >= 4 is 34.2 Å². The molecule has 0 atom stereocenters. The van der Waals surface area contributed by atoms with Crippen molar-refractivity contribution in [3.05, 3.63) is 82.9 Å². The topological polar surface area (TPSA) is 59.8 Å². The largest absolute Gasteiger partial charge is 0.322 e. The van der Waals surface area contributed by atoms with Gasteiger partial charge in [-0.05, 0) is 55.5 Å². The maximum absolute atomic E-state index is 12.4. The summed E-state index contributed by atoms with van der Waals surface area (Å²) < 4.78 is 0. The van der Waals surface area contributed by atoms with E-state index in [0.717, 1.165) is 16.8 Å². The summed E-state index contributed by atoms with van der Waals surface area (Å²) in [5.74, 6) is -0.157. The van der Waals surface area contributed by atoms with Gasteiger partial charge in [-0.2, -0.15) is 4.80 Å². The molecule has 128 valence electrons. The molecule has 4 rings (SSSR count). The third kappa shape index (κ3) is 3.30. The van der Waals surface area contributed by atoms with E-state index in [0.29, 0.717) is 21.8 Å². The number of fused-ring (bicyclic) bond motifs is 1. The van der Waals surface area contributed by atoms with E-state index in [2.05, 4.69) is 15.5 Å². The number of hydrogen-bond acceptors (Lipinski definition) is 3. The fourth-order valence-electron chi connectivity index (χ4n) is 2.70. The van der Waals surface area contributed by atoms with Gasteiger partial charge in [-0.25, -0.2) is 0 Å². The van der Waals surface area contributed by atoms with Crippen molar-refractivity contribution in [2.45, 2.75) is 6.92 Å². The standard InChI is InChI=1S/C20H15ClN4O/c1-13-4-2-5-14(10-13)20(26)22-16-8-9-18-19(12-16)24-25(23-18)17-7-3-6-15(21)11-17/h2-12H,1H3,(H,22,26). The predicted molar refractivity (Wildman–Crippen MR) is 103 cm³/mol. The number of amides is 1. The molecule has 0 bridgehead atoms. The number of anilines is 1. The minimum absolute atomic E-state index is 0.157. The van der Waals surface area contributed by atoms with E-state index < -0.39 is 0 Å². The van der Waals surface area contributed by atoms with E-state index >= 15 is 0 Å². The number of carbonyl (C=O) groups is 1. The summed E-state index contributed by atoms with van der Waals surface area (Å²) in [6.07, 6.45) is 0. The number of benzene rings is 3. The highest BCUT2D eigenvalue weighted by Gasteiger charge is 2.09. The van der Waals surface area contributed by atoms with Crippen LogP contribution >= 0.6 is 11.6 Å². The van der Waals surface area contributed by atoms with Gasteiger partial charge in [0.2, 0.25) is 0 Å². The number of halogens is 1. The molecule has 6 heteroatoms. The van der Waals surface area contributed by atoms with Gasteiger partial charge >= 0.3 is 0 Å². The molecular formula is C20H15ClN4O. The van der Waals surface area contributed by atoms with Gasteiger partial charge in [-0.15, -0.1) is 10.2 Å². The van der Waals surface area contributed by atoms with Crippen LogP contribution in [0.25, 0.3) is 16.7 Å². The second-order valence-electron chi connectivity index (χ2n) is 6.00. The molecule has 0 spiro atoms. The van der Waals surface area contributed by atoms with Gasteiger partial charge in [-0.1, -0.05) is 35.4 Å². The van der Waals surface area contributed by atoms with Crippen molar-refractivity contribution in [3.8, 4) is 5.69 Å². The Kier molecular flexibility index (Phi) is 4.14. The highest BCUT2D eigenvalue weighted by Crippen LogP contribution is 2.19. The van der Waals surface area contributed by atoms with Crippen LogP contribution in [0.2, 0.25) is 5.02 Å². The molecule has 0 aliphatic rings. The van der Waals surface area contributed by atoms with E-state index in [1.807, 2.05) is 49.4 Å². The summed E-state index contributed by atoms with van der Waals surface area (Å²) in [6.45, 7) is 1.96. The zero-order valence-corrected chi connectivity index (χ0v) is 14.7. The van der Waals surface area contributed by atoms with Crippen molar-refractivity contribution in [3.63, 3.8) is 0 Å². The molecule has 1 heterocycles. The molecule has 1 N–H and O–H groups in total. The molecule has 0 radical (unpaired) electrons. The monoisotopic (exact) mass is 362 g/mol. The summed E-state index contributed by atoms with van der Waals surface area (Å²) in [5.41, 5.74) is 4.52. The van der Waals surface area contributed by atoms with Crippen LogP contribution in [0, 0.1) is 6.92 Å². The molecule has 0 fully saturated rings. The second-order valence-corrected chi connectivity index (χ2v) is 6.43. The van der Waals surface area contributed by atoms with Crippen LogP contribution in [-0.2, 0) is 0 Å². The van der Waals surface area contributed by atoms with E-state index in [-0.39, 0.29) is 5.91 Å². The van der Waals surface area contributed by atoms with Crippen LogP contribution in [0.1, 0.15) is 15.9 Å². The number of hydrogen-bond donors (Lipinski definition) is 1. The quantitative estimate of drug-likeness (QED) is 0.577. The molecule has 0 saturated heterocycles. The Bertz CT molecular complexity index is 1120. The lowest BCUT2D eigenvalue weighted by molar-refractivity contribution is 0.102. The maximum Gasteiger partial charge on any atom is 0.255 e. The van der Waals surface area contributed by atoms with Crippen LogP contribution in [0.3, 0.4) is 0 Å². The summed E-state index contributed by atoms with van der Waals surface area (Å²) in [5, 5.41) is 12.4. The molecule has 5 nitrogen and oxygen atoms in total. The van der Waals surface area contributed by atoms with Crippen LogP contribution in [0.5, 0.6) is 0 Å². The van der Waals surface area contributed by atoms with E-state index in [4.69, 9.17) is 11.6 Å². The van der Waals surface area contributed by atoms with Crippen molar-refractivity contribution < 1.29 is 4.79 Å². The Morgan fingerprint density at radius 3 is 2.58 bits per heavy atom. The Morgan fingerprint density at radius 1 is 0.962 bits per heavy atom. The Balaban J connectivity index is 1.62. The maximum atomic E-state index is 12.4. The number of carbonyl (C=O) groups excluding carboxylic acids is 1. The number of aryl methyl sites for hydroxylation is 1. The third-order valence-electron chi connectivity index (χ3n) is 3.96. The van der Waals surface area contributed by atoms with Crippen LogP contribution in [0.4, 0.5) is 5.69 Å². The first-order valence-electron chi connectivity index (χ1n) is 8.09. The van der Waals surface area contributed by atoms with Gasteiger partial charge in [0, 0.05) is 16.3 Å². The summed E-state index contributed by atoms with van der Waals surface area (Å²) in [7, 11) is 0. The molecule has 1 aromatic heterocycles. The highest BCUT2D eigenvalue weighted by molar-refractivity contribution is 6.30. The Morgan fingerprint density at radius 2 is 1.77 bits per heavy atom. The molecule has 26 heavy (non-hydrogen) atoms. The first kappa shape index (κ1) is 16.3. The normalized spacial score (nSPS) is 10.8.